The summed E-state index contributed by atoms with van der Waals surface area (Å²) in [6.45, 7) is 6.74. The molecular formula is C17H20N2S2. The normalized spacial score (nSPS) is 13.7. The van der Waals surface area contributed by atoms with E-state index in [9.17, 15) is 0 Å². The second-order valence-corrected chi connectivity index (χ2v) is 8.58. The zero-order valence-corrected chi connectivity index (χ0v) is 14.2. The molecule has 0 fully saturated rings. The molecule has 1 aromatic carbocycles. The summed E-state index contributed by atoms with van der Waals surface area (Å²) in [5.74, 6) is 0. The summed E-state index contributed by atoms with van der Waals surface area (Å²) in [7, 11) is 0. The van der Waals surface area contributed by atoms with E-state index in [1.165, 1.54) is 14.5 Å². The van der Waals surface area contributed by atoms with E-state index >= 15 is 0 Å². The first-order valence-corrected chi connectivity index (χ1v) is 8.77. The maximum absolute atomic E-state index is 6.36. The van der Waals surface area contributed by atoms with E-state index in [1.807, 2.05) is 29.5 Å². The highest BCUT2D eigenvalue weighted by Crippen LogP contribution is 2.32. The first kappa shape index (κ1) is 14.7. The number of thiazole rings is 1. The lowest BCUT2D eigenvalue weighted by atomic mass is 9.95. The second kappa shape index (κ2) is 5.52. The second-order valence-electron chi connectivity index (χ2n) is 6.35. The maximum atomic E-state index is 6.36. The minimum Gasteiger partial charge on any atom is -0.322 e. The van der Waals surface area contributed by atoms with Crippen molar-refractivity contribution < 1.29 is 0 Å². The van der Waals surface area contributed by atoms with Crippen LogP contribution in [0.2, 0.25) is 0 Å². The van der Waals surface area contributed by atoms with Crippen molar-refractivity contribution in [2.24, 2.45) is 5.73 Å². The first-order valence-electron chi connectivity index (χ1n) is 7.14. The summed E-state index contributed by atoms with van der Waals surface area (Å²) in [6, 6.07) is 12.6. The zero-order valence-electron chi connectivity index (χ0n) is 12.6. The summed E-state index contributed by atoms with van der Waals surface area (Å²) in [5, 5.41) is 1.03. The number of hydrogen-bond acceptors (Lipinski definition) is 4. The lowest BCUT2D eigenvalue weighted by Crippen LogP contribution is -2.12. The quantitative estimate of drug-likeness (QED) is 0.746. The molecule has 2 heterocycles. The Hall–Kier alpha value is -1.23. The van der Waals surface area contributed by atoms with Gasteiger partial charge in [-0.15, -0.1) is 22.7 Å². The van der Waals surface area contributed by atoms with E-state index in [4.69, 9.17) is 5.73 Å². The third-order valence-corrected chi connectivity index (χ3v) is 6.15. The molecule has 0 saturated heterocycles. The van der Waals surface area contributed by atoms with Gasteiger partial charge in [-0.3, -0.25) is 0 Å². The highest BCUT2D eigenvalue weighted by atomic mass is 32.1. The summed E-state index contributed by atoms with van der Waals surface area (Å²) in [4.78, 5) is 7.41. The predicted octanol–water partition coefficient (Wildman–Crippen LogP) is 4.90. The fraction of sp³-hybridized carbons (Fsp3) is 0.353. The van der Waals surface area contributed by atoms with Gasteiger partial charge in [-0.1, -0.05) is 32.9 Å². The number of nitrogens with two attached hydrogens (primary N) is 1. The minimum atomic E-state index is -0.0196. The molecular weight excluding hydrogens is 296 g/mol. The highest BCUT2D eigenvalue weighted by Gasteiger charge is 2.18. The van der Waals surface area contributed by atoms with Crippen LogP contribution in [-0.4, -0.2) is 4.98 Å². The van der Waals surface area contributed by atoms with E-state index in [1.54, 1.807) is 11.3 Å². The largest absolute Gasteiger partial charge is 0.322 e. The van der Waals surface area contributed by atoms with Crippen LogP contribution in [0.4, 0.5) is 0 Å². The lowest BCUT2D eigenvalue weighted by molar-refractivity contribution is 0.604. The van der Waals surface area contributed by atoms with Gasteiger partial charge in [0, 0.05) is 16.2 Å². The summed E-state index contributed by atoms with van der Waals surface area (Å²) < 4.78 is 1.21. The van der Waals surface area contributed by atoms with Gasteiger partial charge in [0.05, 0.1) is 16.3 Å². The Morgan fingerprint density at radius 2 is 1.86 bits per heavy atom. The Labute approximate surface area is 133 Å². The van der Waals surface area contributed by atoms with Crippen LogP contribution < -0.4 is 5.73 Å². The molecule has 110 valence electrons. The van der Waals surface area contributed by atoms with Gasteiger partial charge in [0.1, 0.15) is 5.01 Å². The average molecular weight is 316 g/mol. The van der Waals surface area contributed by atoms with Crippen LogP contribution in [0, 0.1) is 0 Å². The van der Waals surface area contributed by atoms with E-state index < -0.39 is 0 Å². The molecule has 0 bridgehead atoms. The summed E-state index contributed by atoms with van der Waals surface area (Å²) in [6.07, 6.45) is 0.862. The topological polar surface area (TPSA) is 38.9 Å². The predicted molar refractivity (Wildman–Crippen MR) is 93.3 cm³/mol. The number of thiophene rings is 1. The van der Waals surface area contributed by atoms with Crippen molar-refractivity contribution in [3.05, 3.63) is 51.2 Å². The fourth-order valence-corrected chi connectivity index (χ4v) is 4.34. The van der Waals surface area contributed by atoms with Gasteiger partial charge in [0.25, 0.3) is 0 Å². The third-order valence-electron chi connectivity index (χ3n) is 3.45. The highest BCUT2D eigenvalue weighted by molar-refractivity contribution is 7.18. The molecule has 1 unspecified atom stereocenters. The van der Waals surface area contributed by atoms with Crippen LogP contribution in [0.1, 0.15) is 41.6 Å². The SMILES string of the molecule is CC(C)(C)c1ccc(CC(N)c2nc3ccccc3s2)s1. The molecule has 2 aromatic heterocycles. The Balaban J connectivity index is 1.79. The van der Waals surface area contributed by atoms with Crippen LogP contribution >= 0.6 is 22.7 Å². The molecule has 0 aliphatic carbocycles. The number of hydrogen-bond donors (Lipinski definition) is 1. The monoisotopic (exact) mass is 316 g/mol. The minimum absolute atomic E-state index is 0.0196. The van der Waals surface area contributed by atoms with E-state index in [2.05, 4.69) is 44.0 Å². The fourth-order valence-electron chi connectivity index (χ4n) is 2.24. The van der Waals surface area contributed by atoms with E-state index in [0.29, 0.717) is 0 Å². The van der Waals surface area contributed by atoms with Crippen molar-refractivity contribution in [3.63, 3.8) is 0 Å². The van der Waals surface area contributed by atoms with Gasteiger partial charge in [0.15, 0.2) is 0 Å². The van der Waals surface area contributed by atoms with Crippen LogP contribution in [0.3, 0.4) is 0 Å². The molecule has 0 aliphatic rings. The number of para-hydroxylation sites is 1. The van der Waals surface area contributed by atoms with Crippen molar-refractivity contribution in [1.82, 2.24) is 4.98 Å². The molecule has 4 heteroatoms. The lowest BCUT2D eigenvalue weighted by Gasteiger charge is -2.15. The molecule has 3 rings (SSSR count). The summed E-state index contributed by atoms with van der Waals surface area (Å²) >= 11 is 3.57. The molecule has 21 heavy (non-hydrogen) atoms. The Kier molecular flexibility index (Phi) is 3.86. The number of aromatic nitrogens is 1. The first-order chi connectivity index (χ1) is 9.93. The molecule has 0 saturated carbocycles. The third kappa shape index (κ3) is 3.18. The van der Waals surface area contributed by atoms with Gasteiger partial charge in [-0.2, -0.15) is 0 Å². The smallest absolute Gasteiger partial charge is 0.111 e. The van der Waals surface area contributed by atoms with Gasteiger partial charge in [0.2, 0.25) is 0 Å². The Morgan fingerprint density at radius 1 is 1.10 bits per heavy atom. The van der Waals surface area contributed by atoms with Crippen molar-refractivity contribution >= 4 is 32.9 Å². The molecule has 0 aliphatic heterocycles. The molecule has 3 aromatic rings. The number of benzene rings is 1. The van der Waals surface area contributed by atoms with Gasteiger partial charge >= 0.3 is 0 Å². The van der Waals surface area contributed by atoms with Gasteiger partial charge in [-0.25, -0.2) is 4.98 Å². The Bertz CT molecular complexity index is 716. The molecule has 0 spiro atoms. The summed E-state index contributed by atoms with van der Waals surface area (Å²) in [5.41, 5.74) is 7.63. The van der Waals surface area contributed by atoms with E-state index in [-0.39, 0.29) is 11.5 Å². The molecule has 2 N–H and O–H groups in total. The molecule has 0 amide bonds. The number of nitrogens with zero attached hydrogens (tertiary/aromatic N) is 1. The Morgan fingerprint density at radius 3 is 2.52 bits per heavy atom. The van der Waals surface area contributed by atoms with Crippen LogP contribution in [0.15, 0.2) is 36.4 Å². The van der Waals surface area contributed by atoms with Crippen LogP contribution in [-0.2, 0) is 11.8 Å². The van der Waals surface area contributed by atoms with Crippen molar-refractivity contribution in [3.8, 4) is 0 Å². The van der Waals surface area contributed by atoms with E-state index in [0.717, 1.165) is 16.9 Å². The standard InChI is InChI=1S/C17H20N2S2/c1-17(2,3)15-9-8-11(20-15)10-12(18)16-19-13-6-4-5-7-14(13)21-16/h4-9,12H,10,18H2,1-3H3. The van der Waals surface area contributed by atoms with Crippen LogP contribution in [0.25, 0.3) is 10.2 Å². The van der Waals surface area contributed by atoms with Crippen LogP contribution in [0.5, 0.6) is 0 Å². The molecule has 0 radical (unpaired) electrons. The molecule has 2 nitrogen and oxygen atoms in total. The number of rotatable bonds is 3. The maximum Gasteiger partial charge on any atom is 0.111 e. The number of fused-ring (bicyclic) bond motifs is 1. The molecule has 1 atom stereocenters. The average Bonchev–Trinajstić information content (AvgIpc) is 3.03. The van der Waals surface area contributed by atoms with Crippen molar-refractivity contribution in [1.29, 1.82) is 0 Å². The zero-order chi connectivity index (χ0) is 15.0. The van der Waals surface area contributed by atoms with Gasteiger partial charge in [-0.05, 0) is 29.7 Å². The van der Waals surface area contributed by atoms with Crippen molar-refractivity contribution in [2.75, 3.05) is 0 Å². The van der Waals surface area contributed by atoms with Gasteiger partial charge < -0.3 is 5.73 Å². The van der Waals surface area contributed by atoms with Crippen molar-refractivity contribution in [2.45, 2.75) is 38.6 Å².